The lowest BCUT2D eigenvalue weighted by atomic mass is 10.0. The van der Waals surface area contributed by atoms with Crippen molar-refractivity contribution in [2.45, 2.75) is 37.4 Å². The summed E-state index contributed by atoms with van der Waals surface area (Å²) in [6, 6.07) is 8.28. The van der Waals surface area contributed by atoms with E-state index >= 15 is 0 Å². The van der Waals surface area contributed by atoms with Gasteiger partial charge in [0.25, 0.3) is 0 Å². The molecule has 7 nitrogen and oxygen atoms in total. The first-order chi connectivity index (χ1) is 13.5. The van der Waals surface area contributed by atoms with Gasteiger partial charge in [0.15, 0.2) is 6.23 Å². The van der Waals surface area contributed by atoms with E-state index in [1.807, 2.05) is 0 Å². The Morgan fingerprint density at radius 1 is 1.04 bits per heavy atom. The highest BCUT2D eigenvalue weighted by Gasteiger charge is 2.40. The summed E-state index contributed by atoms with van der Waals surface area (Å²) in [4.78, 5) is 7.46. The largest absolute Gasteiger partial charge is 0.388 e. The van der Waals surface area contributed by atoms with Crippen molar-refractivity contribution in [2.24, 2.45) is 0 Å². The first kappa shape index (κ1) is 23.6. The van der Waals surface area contributed by atoms with Crippen molar-refractivity contribution in [2.75, 3.05) is 50.0 Å². The SMILES string of the molecule is CON(CCCc1ccc(N(CCCl)CCCl)cc1)[C@H]1OC[C@H](O)[C@@H](O)[C@@H]1O. The first-order valence-electron chi connectivity index (χ1n) is 9.44. The van der Waals surface area contributed by atoms with E-state index in [1.54, 1.807) is 0 Å². The third kappa shape index (κ3) is 6.43. The molecule has 0 aromatic heterocycles. The molecule has 1 fully saturated rings. The van der Waals surface area contributed by atoms with Gasteiger partial charge in [-0.25, -0.2) is 0 Å². The van der Waals surface area contributed by atoms with E-state index in [0.717, 1.165) is 31.6 Å². The van der Waals surface area contributed by atoms with Crippen LogP contribution in [0.2, 0.25) is 0 Å². The Kier molecular flexibility index (Phi) is 10.3. The molecule has 0 saturated carbocycles. The van der Waals surface area contributed by atoms with E-state index in [2.05, 4.69) is 29.2 Å². The molecule has 0 spiro atoms. The average Bonchev–Trinajstić information content (AvgIpc) is 2.71. The summed E-state index contributed by atoms with van der Waals surface area (Å²) in [5.41, 5.74) is 2.27. The van der Waals surface area contributed by atoms with Crippen LogP contribution in [0.3, 0.4) is 0 Å². The molecule has 160 valence electrons. The van der Waals surface area contributed by atoms with Crippen molar-refractivity contribution in [3.63, 3.8) is 0 Å². The Hall–Kier alpha value is -0.640. The molecule has 1 heterocycles. The Bertz CT molecular complexity index is 560. The topological polar surface area (TPSA) is 85.6 Å². The number of nitrogens with zero attached hydrogens (tertiary/aromatic N) is 2. The zero-order valence-electron chi connectivity index (χ0n) is 16.1. The molecule has 0 unspecified atom stereocenters. The number of aliphatic hydroxyl groups excluding tert-OH is 3. The van der Waals surface area contributed by atoms with Gasteiger partial charge >= 0.3 is 0 Å². The summed E-state index contributed by atoms with van der Waals surface area (Å²) in [6.07, 6.45) is -2.82. The number of aryl methyl sites for hydroxylation is 1. The van der Waals surface area contributed by atoms with Gasteiger partial charge in [-0.1, -0.05) is 12.1 Å². The van der Waals surface area contributed by atoms with Crippen LogP contribution in [0, 0.1) is 0 Å². The minimum Gasteiger partial charge on any atom is -0.388 e. The van der Waals surface area contributed by atoms with Crippen molar-refractivity contribution in [3.8, 4) is 0 Å². The van der Waals surface area contributed by atoms with Gasteiger partial charge < -0.3 is 25.0 Å². The van der Waals surface area contributed by atoms with Crippen molar-refractivity contribution in [1.82, 2.24) is 5.06 Å². The highest BCUT2D eigenvalue weighted by atomic mass is 35.5. The van der Waals surface area contributed by atoms with Crippen LogP contribution in [0.1, 0.15) is 12.0 Å². The van der Waals surface area contributed by atoms with E-state index in [4.69, 9.17) is 32.8 Å². The predicted octanol–water partition coefficient (Wildman–Crippen LogP) is 1.21. The number of ether oxygens (including phenoxy) is 1. The predicted molar refractivity (Wildman–Crippen MR) is 110 cm³/mol. The van der Waals surface area contributed by atoms with Crippen LogP contribution in [-0.4, -0.2) is 90.0 Å². The Labute approximate surface area is 176 Å². The second-order valence-corrected chi connectivity index (χ2v) is 7.49. The van der Waals surface area contributed by atoms with E-state index in [1.165, 1.54) is 17.7 Å². The summed E-state index contributed by atoms with van der Waals surface area (Å²) in [5, 5.41) is 31.0. The molecule has 2 rings (SSSR count). The zero-order chi connectivity index (χ0) is 20.5. The molecule has 9 heteroatoms. The van der Waals surface area contributed by atoms with Crippen LogP contribution in [0.5, 0.6) is 0 Å². The minimum atomic E-state index is -1.26. The van der Waals surface area contributed by atoms with Gasteiger partial charge in [0.1, 0.15) is 18.3 Å². The molecule has 4 atom stereocenters. The summed E-state index contributed by atoms with van der Waals surface area (Å²) < 4.78 is 5.43. The fourth-order valence-electron chi connectivity index (χ4n) is 3.25. The van der Waals surface area contributed by atoms with Crippen molar-refractivity contribution >= 4 is 28.9 Å². The smallest absolute Gasteiger partial charge is 0.161 e. The lowest BCUT2D eigenvalue weighted by molar-refractivity contribution is -0.305. The van der Waals surface area contributed by atoms with Crippen molar-refractivity contribution in [3.05, 3.63) is 29.8 Å². The van der Waals surface area contributed by atoms with Gasteiger partial charge in [-0.15, -0.1) is 23.2 Å². The van der Waals surface area contributed by atoms with E-state index in [-0.39, 0.29) is 6.61 Å². The third-order valence-electron chi connectivity index (χ3n) is 4.85. The number of halogens is 2. The first-order valence-corrected chi connectivity index (χ1v) is 10.5. The van der Waals surface area contributed by atoms with E-state index in [9.17, 15) is 15.3 Å². The van der Waals surface area contributed by atoms with Crippen LogP contribution in [0.15, 0.2) is 24.3 Å². The standard InChI is InChI=1S/C19H30Cl2N2O5/c1-27-23(19-18(26)17(25)16(24)13-28-19)10-2-3-14-4-6-15(7-5-14)22(11-8-20)12-9-21/h4-7,16-19,24-26H,2-3,8-13H2,1H3/t16-,17+,18-,19-/m0/s1. The van der Waals surface area contributed by atoms with Gasteiger partial charge in [0.2, 0.25) is 0 Å². The van der Waals surface area contributed by atoms with Gasteiger partial charge in [0, 0.05) is 37.1 Å². The lowest BCUT2D eigenvalue weighted by Gasteiger charge is -2.40. The van der Waals surface area contributed by atoms with Gasteiger partial charge in [-0.2, -0.15) is 5.06 Å². The number of benzene rings is 1. The molecule has 0 amide bonds. The highest BCUT2D eigenvalue weighted by Crippen LogP contribution is 2.20. The summed E-state index contributed by atoms with van der Waals surface area (Å²) in [7, 11) is 1.49. The number of alkyl halides is 2. The average molecular weight is 437 g/mol. The van der Waals surface area contributed by atoms with E-state index < -0.39 is 24.5 Å². The van der Waals surface area contributed by atoms with Crippen LogP contribution in [0.4, 0.5) is 5.69 Å². The summed E-state index contributed by atoms with van der Waals surface area (Å²) in [6.45, 7) is 1.96. The molecule has 3 N–H and O–H groups in total. The van der Waals surface area contributed by atoms with Crippen molar-refractivity contribution < 1.29 is 24.9 Å². The summed E-state index contributed by atoms with van der Waals surface area (Å²) in [5.74, 6) is 1.10. The maximum atomic E-state index is 10.1. The van der Waals surface area contributed by atoms with Gasteiger partial charge in [-0.3, -0.25) is 4.84 Å². The molecule has 28 heavy (non-hydrogen) atoms. The number of aliphatic hydroxyl groups is 3. The second kappa shape index (κ2) is 12.1. The van der Waals surface area contributed by atoms with E-state index in [0.29, 0.717) is 18.3 Å². The second-order valence-electron chi connectivity index (χ2n) is 6.73. The molecule has 0 bridgehead atoms. The fraction of sp³-hybridized carbons (Fsp3) is 0.684. The maximum Gasteiger partial charge on any atom is 0.161 e. The Morgan fingerprint density at radius 2 is 1.68 bits per heavy atom. The zero-order valence-corrected chi connectivity index (χ0v) is 17.6. The number of hydroxylamine groups is 2. The summed E-state index contributed by atoms with van der Waals surface area (Å²) >= 11 is 11.7. The number of anilines is 1. The number of hydrogen-bond acceptors (Lipinski definition) is 7. The quantitative estimate of drug-likeness (QED) is 0.355. The molecule has 0 aliphatic carbocycles. The molecule has 1 aromatic rings. The van der Waals surface area contributed by atoms with Crippen molar-refractivity contribution in [1.29, 1.82) is 0 Å². The molecule has 1 aromatic carbocycles. The Balaban J connectivity index is 1.86. The third-order valence-corrected chi connectivity index (χ3v) is 5.18. The molecule has 1 aliphatic heterocycles. The van der Waals surface area contributed by atoms with Crippen LogP contribution in [-0.2, 0) is 16.0 Å². The fourth-order valence-corrected chi connectivity index (χ4v) is 3.66. The van der Waals surface area contributed by atoms with Gasteiger partial charge in [0.05, 0.1) is 13.7 Å². The minimum absolute atomic E-state index is 0.0503. The molecule has 0 radical (unpaired) electrons. The molecular weight excluding hydrogens is 407 g/mol. The normalized spacial score (nSPS) is 25.2. The Morgan fingerprint density at radius 3 is 2.25 bits per heavy atom. The van der Waals surface area contributed by atoms with Crippen LogP contribution < -0.4 is 4.90 Å². The van der Waals surface area contributed by atoms with Crippen LogP contribution in [0.25, 0.3) is 0 Å². The van der Waals surface area contributed by atoms with Gasteiger partial charge in [-0.05, 0) is 30.5 Å². The lowest BCUT2D eigenvalue weighted by Crippen LogP contribution is -2.58. The molecular formula is C19H30Cl2N2O5. The highest BCUT2D eigenvalue weighted by molar-refractivity contribution is 6.18. The van der Waals surface area contributed by atoms with Crippen LogP contribution >= 0.6 is 23.2 Å². The number of rotatable bonds is 11. The maximum absolute atomic E-state index is 10.1. The molecule has 1 aliphatic rings. The molecule has 1 saturated heterocycles. The monoisotopic (exact) mass is 436 g/mol. The number of hydrogen-bond donors (Lipinski definition) is 3.